The molecular weight excluding hydrogens is 200 g/mol. The minimum atomic E-state index is -0.0509. The number of hydrogen-bond donors (Lipinski definition) is 2. The van der Waals surface area contributed by atoms with Gasteiger partial charge in [-0.1, -0.05) is 0 Å². The lowest BCUT2D eigenvalue weighted by atomic mass is 10.6. The molecule has 0 amide bonds. The van der Waals surface area contributed by atoms with Crippen molar-refractivity contribution in [2.75, 3.05) is 33.2 Å². The van der Waals surface area contributed by atoms with Crippen LogP contribution in [0, 0.1) is 22.7 Å². The van der Waals surface area contributed by atoms with Crippen molar-refractivity contribution >= 4 is 0 Å². The Bertz CT molecular complexity index is 211. The van der Waals surface area contributed by atoms with Gasteiger partial charge in [0.25, 0.3) is 0 Å². The molecule has 0 aromatic rings. The van der Waals surface area contributed by atoms with Crippen molar-refractivity contribution in [1.29, 1.82) is 10.5 Å². The first-order chi connectivity index (χ1) is 7.28. The smallest absolute Gasteiger partial charge is 0.116 e. The molecule has 0 atom stereocenters. The van der Waals surface area contributed by atoms with Crippen LogP contribution in [0.5, 0.6) is 0 Å². The molecule has 8 heteroatoms. The molecule has 84 valence electrons. The lowest BCUT2D eigenvalue weighted by Crippen LogP contribution is -2.40. The number of hydrogen-bond acceptors (Lipinski definition) is 8. The molecule has 0 radical (unpaired) electrons. The molecule has 0 fully saturated rings. The molecule has 0 aliphatic rings. The van der Waals surface area contributed by atoms with Gasteiger partial charge >= 0.3 is 0 Å². The molecule has 0 heterocycles. The zero-order chi connectivity index (χ0) is 11.5. The molecule has 8 nitrogen and oxygen atoms in total. The summed E-state index contributed by atoms with van der Waals surface area (Å²) in [5.74, 6) is 0. The summed E-state index contributed by atoms with van der Waals surface area (Å²) in [4.78, 5) is 9.84. The maximum atomic E-state index is 8.47. The fourth-order valence-electron chi connectivity index (χ4n) is 0.817. The monoisotopic (exact) mass is 214 g/mol. The fourth-order valence-corrected chi connectivity index (χ4v) is 0.817. The average Bonchev–Trinajstić information content (AvgIpc) is 2.19. The van der Waals surface area contributed by atoms with Crippen LogP contribution < -0.4 is 11.5 Å². The number of nitrogens with zero attached hydrogens (tertiary/aromatic N) is 4. The maximum absolute atomic E-state index is 8.47. The molecular formula is C7H14N6O2. The predicted octanol–water partition coefficient (Wildman–Crippen LogP) is -1.71. The number of hydroxylamine groups is 4. The van der Waals surface area contributed by atoms with E-state index in [0.717, 1.165) is 0 Å². The van der Waals surface area contributed by atoms with Gasteiger partial charge < -0.3 is 11.5 Å². The second-order valence-corrected chi connectivity index (χ2v) is 2.33. The van der Waals surface area contributed by atoms with Gasteiger partial charge in [0.05, 0.1) is 12.1 Å². The van der Waals surface area contributed by atoms with Crippen LogP contribution in [0.3, 0.4) is 0 Å². The molecule has 0 aromatic heterocycles. The number of rotatable bonds is 8. The van der Waals surface area contributed by atoms with Crippen molar-refractivity contribution in [2.24, 2.45) is 11.5 Å². The molecule has 0 saturated heterocycles. The zero-order valence-corrected chi connectivity index (χ0v) is 8.30. The summed E-state index contributed by atoms with van der Waals surface area (Å²) in [6, 6.07) is 3.78. The van der Waals surface area contributed by atoms with Crippen molar-refractivity contribution < 1.29 is 9.68 Å². The van der Waals surface area contributed by atoms with Crippen LogP contribution in [0.25, 0.3) is 0 Å². The summed E-state index contributed by atoms with van der Waals surface area (Å²) in [5.41, 5.74) is 10.3. The summed E-state index contributed by atoms with van der Waals surface area (Å²) >= 11 is 0. The second-order valence-electron chi connectivity index (χ2n) is 2.33. The van der Waals surface area contributed by atoms with Gasteiger partial charge in [0.15, 0.2) is 0 Å². The second kappa shape index (κ2) is 9.30. The molecule has 0 unspecified atom stereocenters. The van der Waals surface area contributed by atoms with Crippen LogP contribution >= 0.6 is 0 Å². The molecule has 0 spiro atoms. The molecule has 0 aliphatic heterocycles. The predicted molar refractivity (Wildman–Crippen MR) is 49.8 cm³/mol. The molecule has 0 rings (SSSR count). The van der Waals surface area contributed by atoms with Crippen molar-refractivity contribution in [1.82, 2.24) is 10.1 Å². The third-order valence-corrected chi connectivity index (χ3v) is 1.32. The van der Waals surface area contributed by atoms with Crippen molar-refractivity contribution in [2.45, 2.75) is 0 Å². The van der Waals surface area contributed by atoms with E-state index in [2.05, 4.69) is 0 Å². The normalized spacial score (nSPS) is 10.3. The Kier molecular flexibility index (Phi) is 8.52. The van der Waals surface area contributed by atoms with E-state index in [9.17, 15) is 0 Å². The van der Waals surface area contributed by atoms with E-state index in [1.54, 1.807) is 0 Å². The number of nitrogens with two attached hydrogens (primary N) is 2. The highest BCUT2D eigenvalue weighted by Crippen LogP contribution is 1.95. The van der Waals surface area contributed by atoms with Crippen molar-refractivity contribution in [3.8, 4) is 12.1 Å². The molecule has 0 aromatic carbocycles. The first-order valence-electron chi connectivity index (χ1n) is 4.18. The van der Waals surface area contributed by atoms with Crippen molar-refractivity contribution in [3.63, 3.8) is 0 Å². The van der Waals surface area contributed by atoms with Gasteiger partial charge in [-0.2, -0.15) is 20.7 Å². The van der Waals surface area contributed by atoms with E-state index in [0.29, 0.717) is 0 Å². The van der Waals surface area contributed by atoms with Gasteiger partial charge in [0.1, 0.15) is 33.2 Å². The maximum Gasteiger partial charge on any atom is 0.116 e. The van der Waals surface area contributed by atoms with Gasteiger partial charge in [-0.25, -0.2) is 0 Å². The van der Waals surface area contributed by atoms with Crippen LogP contribution in [0.1, 0.15) is 0 Å². The van der Waals surface area contributed by atoms with E-state index < -0.39 is 0 Å². The Hall–Kier alpha value is -1.26. The Morgan fingerprint density at radius 3 is 1.60 bits per heavy atom. The minimum Gasteiger partial charge on any atom is -0.307 e. The third-order valence-electron chi connectivity index (χ3n) is 1.32. The summed E-state index contributed by atoms with van der Waals surface area (Å²) in [6.07, 6.45) is 0. The first kappa shape index (κ1) is 13.7. The topological polar surface area (TPSA) is 125 Å². The van der Waals surface area contributed by atoms with E-state index >= 15 is 0 Å². The Balaban J connectivity index is 4.08. The third kappa shape index (κ3) is 6.76. The first-order valence-corrected chi connectivity index (χ1v) is 4.18. The van der Waals surface area contributed by atoms with Crippen LogP contribution in [0.2, 0.25) is 0 Å². The molecule has 0 aliphatic carbocycles. The SMILES string of the molecule is N#CCN(CN(CC#N)OCN)OCN. The highest BCUT2D eigenvalue weighted by Gasteiger charge is 2.11. The molecule has 0 saturated carbocycles. The summed E-state index contributed by atoms with van der Waals surface area (Å²) in [6.45, 7) is 0.0606. The van der Waals surface area contributed by atoms with Gasteiger partial charge in [-0.15, -0.1) is 0 Å². The van der Waals surface area contributed by atoms with Gasteiger partial charge in [-0.3, -0.25) is 9.68 Å². The minimum absolute atomic E-state index is 0.0209. The van der Waals surface area contributed by atoms with Crippen molar-refractivity contribution in [3.05, 3.63) is 0 Å². The van der Waals surface area contributed by atoms with E-state index in [1.165, 1.54) is 10.1 Å². The summed E-state index contributed by atoms with van der Waals surface area (Å²) in [7, 11) is 0. The van der Waals surface area contributed by atoms with E-state index in [4.69, 9.17) is 31.7 Å². The fraction of sp³-hybridized carbons (Fsp3) is 0.714. The van der Waals surface area contributed by atoms with Gasteiger partial charge in [0, 0.05) is 0 Å². The van der Waals surface area contributed by atoms with E-state index in [1.807, 2.05) is 12.1 Å². The lowest BCUT2D eigenvalue weighted by Gasteiger charge is -2.24. The average molecular weight is 214 g/mol. The lowest BCUT2D eigenvalue weighted by molar-refractivity contribution is -0.246. The Morgan fingerprint density at radius 2 is 1.33 bits per heavy atom. The summed E-state index contributed by atoms with van der Waals surface area (Å²) < 4.78 is 0. The van der Waals surface area contributed by atoms with Crippen LogP contribution in [-0.2, 0) is 9.68 Å². The Morgan fingerprint density at radius 1 is 0.933 bits per heavy atom. The molecule has 15 heavy (non-hydrogen) atoms. The van der Waals surface area contributed by atoms with E-state index in [-0.39, 0.29) is 33.2 Å². The van der Waals surface area contributed by atoms with Crippen LogP contribution in [-0.4, -0.2) is 43.3 Å². The molecule has 4 N–H and O–H groups in total. The van der Waals surface area contributed by atoms with Crippen LogP contribution in [0.4, 0.5) is 0 Å². The van der Waals surface area contributed by atoms with Gasteiger partial charge in [-0.05, 0) is 0 Å². The largest absolute Gasteiger partial charge is 0.307 e. The number of nitriles is 2. The van der Waals surface area contributed by atoms with Crippen LogP contribution in [0.15, 0.2) is 0 Å². The zero-order valence-electron chi connectivity index (χ0n) is 8.30. The molecule has 0 bridgehead atoms. The Labute approximate surface area is 88.0 Å². The highest BCUT2D eigenvalue weighted by molar-refractivity contribution is 4.75. The summed E-state index contributed by atoms with van der Waals surface area (Å²) in [5, 5.41) is 19.5. The quantitative estimate of drug-likeness (QED) is 0.278. The highest BCUT2D eigenvalue weighted by atomic mass is 16.7. The van der Waals surface area contributed by atoms with Gasteiger partial charge in [0.2, 0.25) is 0 Å². The standard InChI is InChI=1S/C7H14N6O2/c8-1-3-12(14-5-10)7-13(4-2-9)15-6-11/h3-7,10-11H2.